The van der Waals surface area contributed by atoms with E-state index in [0.717, 1.165) is 44.5 Å². The largest absolute Gasteiger partial charge is 0.497 e. The number of hydrogen-bond donors (Lipinski definition) is 0. The lowest BCUT2D eigenvalue weighted by Gasteiger charge is -2.12. The fraction of sp³-hybridized carbons (Fsp3) is 0.286. The highest BCUT2D eigenvalue weighted by atomic mass is 32.1. The van der Waals surface area contributed by atoms with Crippen molar-refractivity contribution in [2.24, 2.45) is 4.99 Å². The van der Waals surface area contributed by atoms with Gasteiger partial charge in [-0.2, -0.15) is 0 Å². The van der Waals surface area contributed by atoms with Gasteiger partial charge in [-0.05, 0) is 56.5 Å². The minimum absolute atomic E-state index is 0.102. The first-order chi connectivity index (χ1) is 17.4. The van der Waals surface area contributed by atoms with Crippen molar-refractivity contribution in [3.05, 3.63) is 81.7 Å². The van der Waals surface area contributed by atoms with Crippen molar-refractivity contribution < 1.29 is 14.3 Å². The van der Waals surface area contributed by atoms with Crippen LogP contribution in [0.2, 0.25) is 0 Å². The standard InChI is InChI=1S/C28H28N4O3S/c1-6-35-24(33)15-23-27-31-30-18(4)32(27)28-25(16(2)17(3)36-28)26(29-23)20-12-10-19(11-13-20)21-8-7-9-22(14-21)34-5/h7-14,23H,6,15H2,1-5H3/t23-/m0/s1. The Morgan fingerprint density at radius 2 is 1.78 bits per heavy atom. The molecule has 0 radical (unpaired) electrons. The maximum absolute atomic E-state index is 12.5. The lowest BCUT2D eigenvalue weighted by Crippen LogP contribution is -2.13. The van der Waals surface area contributed by atoms with Gasteiger partial charge in [0.15, 0.2) is 5.82 Å². The third-order valence-corrected chi connectivity index (χ3v) is 7.66. The van der Waals surface area contributed by atoms with Crippen LogP contribution in [0.4, 0.5) is 0 Å². The zero-order chi connectivity index (χ0) is 25.4. The Labute approximate surface area is 214 Å². The molecule has 1 aliphatic heterocycles. The van der Waals surface area contributed by atoms with Crippen molar-refractivity contribution in [2.75, 3.05) is 13.7 Å². The zero-order valence-electron chi connectivity index (χ0n) is 21.0. The van der Waals surface area contributed by atoms with E-state index < -0.39 is 6.04 Å². The molecule has 0 fully saturated rings. The molecule has 3 heterocycles. The fourth-order valence-corrected chi connectivity index (χ4v) is 5.74. The van der Waals surface area contributed by atoms with Gasteiger partial charge in [0.2, 0.25) is 0 Å². The topological polar surface area (TPSA) is 78.6 Å². The second-order valence-electron chi connectivity index (χ2n) is 8.72. The predicted molar refractivity (Wildman–Crippen MR) is 142 cm³/mol. The second kappa shape index (κ2) is 9.70. The molecule has 0 saturated heterocycles. The molecule has 0 unspecified atom stereocenters. The maximum Gasteiger partial charge on any atom is 0.308 e. The molecule has 0 amide bonds. The molecule has 4 aromatic rings. The number of aliphatic imine (C=N–C) groups is 1. The van der Waals surface area contributed by atoms with Gasteiger partial charge >= 0.3 is 5.97 Å². The molecule has 0 saturated carbocycles. The van der Waals surface area contributed by atoms with Crippen molar-refractivity contribution in [1.29, 1.82) is 0 Å². The zero-order valence-corrected chi connectivity index (χ0v) is 21.8. The number of hydrogen-bond acceptors (Lipinski definition) is 7. The van der Waals surface area contributed by atoms with E-state index in [0.29, 0.717) is 12.4 Å². The van der Waals surface area contributed by atoms with E-state index in [1.165, 1.54) is 10.4 Å². The van der Waals surface area contributed by atoms with Gasteiger partial charge < -0.3 is 9.47 Å². The molecular weight excluding hydrogens is 472 g/mol. The summed E-state index contributed by atoms with van der Waals surface area (Å²) in [6.45, 7) is 8.30. The molecule has 1 aliphatic rings. The first kappa shape index (κ1) is 23.9. The summed E-state index contributed by atoms with van der Waals surface area (Å²) in [5, 5.41) is 9.80. The molecule has 36 heavy (non-hydrogen) atoms. The molecule has 0 spiro atoms. The number of fused-ring (bicyclic) bond motifs is 3. The number of benzene rings is 2. The van der Waals surface area contributed by atoms with E-state index >= 15 is 0 Å². The number of thiophene rings is 1. The van der Waals surface area contributed by atoms with Crippen LogP contribution < -0.4 is 4.74 Å². The lowest BCUT2D eigenvalue weighted by molar-refractivity contribution is -0.143. The summed E-state index contributed by atoms with van der Waals surface area (Å²) in [6, 6.07) is 15.9. The van der Waals surface area contributed by atoms with Crippen molar-refractivity contribution in [3.8, 4) is 21.9 Å². The molecule has 2 aromatic heterocycles. The van der Waals surface area contributed by atoms with Crippen LogP contribution in [0.3, 0.4) is 0 Å². The van der Waals surface area contributed by atoms with E-state index in [2.05, 4.69) is 54.4 Å². The number of esters is 1. The molecule has 5 rings (SSSR count). The number of nitrogens with zero attached hydrogens (tertiary/aromatic N) is 4. The molecule has 7 nitrogen and oxygen atoms in total. The average Bonchev–Trinajstić information content (AvgIpc) is 3.36. The number of methoxy groups -OCH3 is 1. The Kier molecular flexibility index (Phi) is 6.45. The van der Waals surface area contributed by atoms with Gasteiger partial charge in [0.25, 0.3) is 0 Å². The van der Waals surface area contributed by atoms with Gasteiger partial charge in [-0.15, -0.1) is 21.5 Å². The van der Waals surface area contributed by atoms with Gasteiger partial charge in [0, 0.05) is 16.0 Å². The van der Waals surface area contributed by atoms with Gasteiger partial charge in [-0.3, -0.25) is 14.4 Å². The van der Waals surface area contributed by atoms with Crippen LogP contribution in [-0.4, -0.2) is 40.2 Å². The van der Waals surface area contributed by atoms with Crippen molar-refractivity contribution in [2.45, 2.75) is 40.2 Å². The van der Waals surface area contributed by atoms with E-state index in [1.807, 2.05) is 29.7 Å². The van der Waals surface area contributed by atoms with Crippen LogP contribution in [0.5, 0.6) is 5.75 Å². The molecule has 0 N–H and O–H groups in total. The summed E-state index contributed by atoms with van der Waals surface area (Å²) in [5.74, 6) is 1.94. The first-order valence-electron chi connectivity index (χ1n) is 11.9. The highest BCUT2D eigenvalue weighted by Gasteiger charge is 2.32. The Morgan fingerprint density at radius 3 is 2.50 bits per heavy atom. The SMILES string of the molecule is CCOC(=O)C[C@@H]1N=C(c2ccc(-c3cccc(OC)c3)cc2)c2c(sc(C)c2C)-n2c(C)nnc21. The third kappa shape index (κ3) is 4.22. The Hall–Kier alpha value is -3.78. The van der Waals surface area contributed by atoms with E-state index in [4.69, 9.17) is 14.5 Å². The van der Waals surface area contributed by atoms with Gasteiger partial charge in [0.05, 0.1) is 25.8 Å². The van der Waals surface area contributed by atoms with Crippen LogP contribution in [0.25, 0.3) is 16.1 Å². The summed E-state index contributed by atoms with van der Waals surface area (Å²) in [5.41, 5.74) is 6.22. The van der Waals surface area contributed by atoms with Crippen LogP contribution in [0, 0.1) is 20.8 Å². The Bertz CT molecular complexity index is 1470. The third-order valence-electron chi connectivity index (χ3n) is 6.47. The van der Waals surface area contributed by atoms with Crippen molar-refractivity contribution in [1.82, 2.24) is 14.8 Å². The number of aromatic nitrogens is 3. The quantitative estimate of drug-likeness (QED) is 0.314. The Morgan fingerprint density at radius 1 is 1.03 bits per heavy atom. The molecule has 0 aliphatic carbocycles. The van der Waals surface area contributed by atoms with Crippen molar-refractivity contribution >= 4 is 23.0 Å². The molecule has 1 atom stereocenters. The average molecular weight is 501 g/mol. The van der Waals surface area contributed by atoms with Gasteiger partial charge in [-0.1, -0.05) is 36.4 Å². The number of aryl methyl sites for hydroxylation is 2. The van der Waals surface area contributed by atoms with Crippen LogP contribution in [-0.2, 0) is 9.53 Å². The van der Waals surface area contributed by atoms with Crippen molar-refractivity contribution in [3.63, 3.8) is 0 Å². The van der Waals surface area contributed by atoms with Gasteiger partial charge in [-0.25, -0.2) is 0 Å². The number of rotatable bonds is 6. The van der Waals surface area contributed by atoms with Crippen LogP contribution in [0.15, 0.2) is 53.5 Å². The number of carbonyl (C=O) groups is 1. The second-order valence-corrected chi connectivity index (χ2v) is 9.92. The molecular formula is C28H28N4O3S. The van der Waals surface area contributed by atoms with Crippen LogP contribution in [0.1, 0.15) is 52.6 Å². The lowest BCUT2D eigenvalue weighted by atomic mass is 9.97. The molecule has 2 aromatic carbocycles. The maximum atomic E-state index is 12.5. The van der Waals surface area contributed by atoms with E-state index in [-0.39, 0.29) is 12.4 Å². The number of carbonyl (C=O) groups excluding carboxylic acids is 1. The van der Waals surface area contributed by atoms with Crippen LogP contribution >= 0.6 is 11.3 Å². The Balaban J connectivity index is 1.64. The monoisotopic (exact) mass is 500 g/mol. The normalized spacial score (nSPS) is 14.5. The predicted octanol–water partition coefficient (Wildman–Crippen LogP) is 5.77. The summed E-state index contributed by atoms with van der Waals surface area (Å²) >= 11 is 1.70. The van der Waals surface area contributed by atoms with E-state index in [1.54, 1.807) is 25.4 Å². The number of ether oxygens (including phenoxy) is 2. The van der Waals surface area contributed by atoms with E-state index in [9.17, 15) is 4.79 Å². The molecule has 184 valence electrons. The summed E-state index contributed by atoms with van der Waals surface area (Å²) in [7, 11) is 1.67. The fourth-order valence-electron chi connectivity index (χ4n) is 4.53. The summed E-state index contributed by atoms with van der Waals surface area (Å²) < 4.78 is 12.7. The highest BCUT2D eigenvalue weighted by Crippen LogP contribution is 2.39. The molecule has 8 heteroatoms. The highest BCUT2D eigenvalue weighted by molar-refractivity contribution is 7.15. The first-order valence-corrected chi connectivity index (χ1v) is 12.7. The smallest absolute Gasteiger partial charge is 0.308 e. The van der Waals surface area contributed by atoms with Gasteiger partial charge in [0.1, 0.15) is 22.6 Å². The molecule has 0 bridgehead atoms. The summed E-state index contributed by atoms with van der Waals surface area (Å²) in [4.78, 5) is 18.9. The minimum Gasteiger partial charge on any atom is -0.497 e. The summed E-state index contributed by atoms with van der Waals surface area (Å²) in [6.07, 6.45) is 0.102. The minimum atomic E-state index is -0.502.